The number of carbonyl (C=O) groups is 1. The minimum atomic E-state index is -0.00789. The Morgan fingerprint density at radius 2 is 2.41 bits per heavy atom. The SMILES string of the molecule is CCOC(C)c1nc(CC(=O)N2CCC(C)CC2CN)cs1. The van der Waals surface area contributed by atoms with Gasteiger partial charge in [-0.1, -0.05) is 6.92 Å². The van der Waals surface area contributed by atoms with Crippen molar-refractivity contribution in [3.63, 3.8) is 0 Å². The fourth-order valence-electron chi connectivity index (χ4n) is 2.97. The molecule has 124 valence electrons. The summed E-state index contributed by atoms with van der Waals surface area (Å²) in [6.45, 7) is 8.21. The Morgan fingerprint density at radius 1 is 1.64 bits per heavy atom. The maximum Gasteiger partial charge on any atom is 0.228 e. The van der Waals surface area contributed by atoms with Crippen molar-refractivity contribution in [1.82, 2.24) is 9.88 Å². The molecule has 1 aliphatic rings. The lowest BCUT2D eigenvalue weighted by Gasteiger charge is -2.38. The van der Waals surface area contributed by atoms with Crippen molar-refractivity contribution < 1.29 is 9.53 Å². The summed E-state index contributed by atoms with van der Waals surface area (Å²) in [5, 5.41) is 2.90. The van der Waals surface area contributed by atoms with Crippen molar-refractivity contribution in [2.24, 2.45) is 11.7 Å². The van der Waals surface area contributed by atoms with Crippen LogP contribution < -0.4 is 5.73 Å². The van der Waals surface area contributed by atoms with E-state index < -0.39 is 0 Å². The highest BCUT2D eigenvalue weighted by Crippen LogP contribution is 2.24. The number of hydrogen-bond donors (Lipinski definition) is 1. The highest BCUT2D eigenvalue weighted by atomic mass is 32.1. The van der Waals surface area contributed by atoms with Crippen molar-refractivity contribution in [2.45, 2.75) is 52.2 Å². The number of carbonyl (C=O) groups excluding carboxylic acids is 1. The molecule has 1 amide bonds. The predicted octanol–water partition coefficient (Wildman–Crippen LogP) is 2.37. The first-order valence-corrected chi connectivity index (χ1v) is 8.98. The van der Waals surface area contributed by atoms with Crippen LogP contribution in [-0.4, -0.2) is 41.5 Å². The number of rotatable bonds is 6. The van der Waals surface area contributed by atoms with Gasteiger partial charge in [0.15, 0.2) is 0 Å². The zero-order chi connectivity index (χ0) is 16.1. The average molecular weight is 325 g/mol. The van der Waals surface area contributed by atoms with Crippen molar-refractivity contribution in [2.75, 3.05) is 19.7 Å². The number of hydrogen-bond acceptors (Lipinski definition) is 5. The summed E-state index contributed by atoms with van der Waals surface area (Å²) in [6, 6.07) is 0.178. The predicted molar refractivity (Wildman–Crippen MR) is 88.8 cm³/mol. The molecule has 1 fully saturated rings. The van der Waals surface area contributed by atoms with Gasteiger partial charge in [0.1, 0.15) is 11.1 Å². The summed E-state index contributed by atoms with van der Waals surface area (Å²) in [5.41, 5.74) is 6.68. The number of piperidine rings is 1. The number of aromatic nitrogens is 1. The molecule has 1 aromatic heterocycles. The van der Waals surface area contributed by atoms with Gasteiger partial charge in [0, 0.05) is 31.1 Å². The second kappa shape index (κ2) is 8.04. The zero-order valence-corrected chi connectivity index (χ0v) is 14.6. The van der Waals surface area contributed by atoms with E-state index in [2.05, 4.69) is 11.9 Å². The van der Waals surface area contributed by atoms with E-state index in [1.807, 2.05) is 24.1 Å². The van der Waals surface area contributed by atoms with Crippen molar-refractivity contribution >= 4 is 17.2 Å². The fraction of sp³-hybridized carbons (Fsp3) is 0.750. The third-order valence-corrected chi connectivity index (χ3v) is 5.29. The molecule has 5 nitrogen and oxygen atoms in total. The summed E-state index contributed by atoms with van der Waals surface area (Å²) in [4.78, 5) is 19.0. The second-order valence-corrected chi connectivity index (χ2v) is 6.95. The molecular formula is C16H27N3O2S. The number of thiazole rings is 1. The van der Waals surface area contributed by atoms with Crippen molar-refractivity contribution in [3.05, 3.63) is 16.1 Å². The van der Waals surface area contributed by atoms with Gasteiger partial charge in [-0.15, -0.1) is 11.3 Å². The largest absolute Gasteiger partial charge is 0.372 e. The molecule has 22 heavy (non-hydrogen) atoms. The van der Waals surface area contributed by atoms with E-state index in [-0.39, 0.29) is 18.1 Å². The van der Waals surface area contributed by atoms with Gasteiger partial charge in [-0.25, -0.2) is 4.98 Å². The summed E-state index contributed by atoms with van der Waals surface area (Å²) in [5.74, 6) is 0.791. The van der Waals surface area contributed by atoms with Crippen LogP contribution >= 0.6 is 11.3 Å². The van der Waals surface area contributed by atoms with Crippen LogP contribution in [0.15, 0.2) is 5.38 Å². The van der Waals surface area contributed by atoms with Crippen LogP contribution in [-0.2, 0) is 16.0 Å². The topological polar surface area (TPSA) is 68.5 Å². The van der Waals surface area contributed by atoms with Gasteiger partial charge in [0.25, 0.3) is 0 Å². The Labute approximate surface area is 136 Å². The van der Waals surface area contributed by atoms with Gasteiger partial charge in [-0.2, -0.15) is 0 Å². The highest BCUT2D eigenvalue weighted by Gasteiger charge is 2.29. The van der Waals surface area contributed by atoms with E-state index in [0.717, 1.165) is 30.1 Å². The third kappa shape index (κ3) is 4.27. The molecule has 0 aromatic carbocycles. The normalized spacial score (nSPS) is 23.5. The number of nitrogens with two attached hydrogens (primary N) is 1. The first kappa shape index (κ1) is 17.4. The molecule has 1 aromatic rings. The number of amides is 1. The quantitative estimate of drug-likeness (QED) is 0.872. The lowest BCUT2D eigenvalue weighted by molar-refractivity contribution is -0.134. The van der Waals surface area contributed by atoms with Crippen LogP contribution in [0.5, 0.6) is 0 Å². The number of nitrogens with zero attached hydrogens (tertiary/aromatic N) is 2. The summed E-state index contributed by atoms with van der Waals surface area (Å²) in [7, 11) is 0. The molecule has 3 atom stereocenters. The first-order valence-electron chi connectivity index (χ1n) is 8.10. The Kier molecular flexibility index (Phi) is 6.35. The molecule has 3 unspecified atom stereocenters. The van der Waals surface area contributed by atoms with Crippen LogP contribution in [0.1, 0.15) is 50.4 Å². The van der Waals surface area contributed by atoms with E-state index >= 15 is 0 Å². The van der Waals surface area contributed by atoms with Gasteiger partial charge in [-0.05, 0) is 32.6 Å². The minimum absolute atomic E-state index is 0.00789. The molecule has 2 N–H and O–H groups in total. The lowest BCUT2D eigenvalue weighted by atomic mass is 9.92. The molecule has 0 bridgehead atoms. The minimum Gasteiger partial charge on any atom is -0.372 e. The zero-order valence-electron chi connectivity index (χ0n) is 13.7. The fourth-order valence-corrected chi connectivity index (χ4v) is 3.79. The molecule has 1 saturated heterocycles. The summed E-state index contributed by atoms with van der Waals surface area (Å²) < 4.78 is 5.54. The molecule has 2 rings (SSSR count). The third-order valence-electron chi connectivity index (χ3n) is 4.24. The van der Waals surface area contributed by atoms with Crippen LogP contribution in [0.25, 0.3) is 0 Å². The molecule has 0 aliphatic carbocycles. The maximum atomic E-state index is 12.6. The Morgan fingerprint density at radius 3 is 3.09 bits per heavy atom. The van der Waals surface area contributed by atoms with Crippen LogP contribution in [0.2, 0.25) is 0 Å². The van der Waals surface area contributed by atoms with Gasteiger partial charge in [0.05, 0.1) is 12.1 Å². The number of likely N-dealkylation sites (tertiary alicyclic amines) is 1. The standard InChI is InChI=1S/C16H27N3O2S/c1-4-21-12(3)16-18-13(10-22-16)8-15(20)19-6-5-11(2)7-14(19)9-17/h10-12,14H,4-9,17H2,1-3H3. The molecule has 0 radical (unpaired) electrons. The highest BCUT2D eigenvalue weighted by molar-refractivity contribution is 7.09. The van der Waals surface area contributed by atoms with Gasteiger partial charge < -0.3 is 15.4 Å². The lowest BCUT2D eigenvalue weighted by Crippen LogP contribution is -2.49. The first-order chi connectivity index (χ1) is 10.5. The van der Waals surface area contributed by atoms with Gasteiger partial charge >= 0.3 is 0 Å². The average Bonchev–Trinajstić information content (AvgIpc) is 2.95. The van der Waals surface area contributed by atoms with Crippen molar-refractivity contribution in [3.8, 4) is 0 Å². The van der Waals surface area contributed by atoms with E-state index in [1.54, 1.807) is 11.3 Å². The van der Waals surface area contributed by atoms with Gasteiger partial charge in [0.2, 0.25) is 5.91 Å². The van der Waals surface area contributed by atoms with E-state index in [4.69, 9.17) is 10.5 Å². The van der Waals surface area contributed by atoms with E-state index in [0.29, 0.717) is 25.5 Å². The molecule has 6 heteroatoms. The second-order valence-electron chi connectivity index (χ2n) is 6.06. The Balaban J connectivity index is 1.96. The summed E-state index contributed by atoms with van der Waals surface area (Å²) in [6.07, 6.45) is 2.42. The number of ether oxygens (including phenoxy) is 1. The van der Waals surface area contributed by atoms with E-state index in [9.17, 15) is 4.79 Å². The molecule has 0 saturated carbocycles. The molecule has 2 heterocycles. The van der Waals surface area contributed by atoms with Gasteiger partial charge in [-0.3, -0.25) is 4.79 Å². The van der Waals surface area contributed by atoms with Crippen LogP contribution in [0, 0.1) is 5.92 Å². The van der Waals surface area contributed by atoms with E-state index in [1.165, 1.54) is 0 Å². The summed E-state index contributed by atoms with van der Waals surface area (Å²) >= 11 is 1.56. The Bertz CT molecular complexity index is 491. The smallest absolute Gasteiger partial charge is 0.228 e. The molecule has 0 spiro atoms. The maximum absolute atomic E-state index is 12.6. The van der Waals surface area contributed by atoms with Crippen LogP contribution in [0.4, 0.5) is 0 Å². The van der Waals surface area contributed by atoms with Crippen LogP contribution in [0.3, 0.4) is 0 Å². The molecule has 1 aliphatic heterocycles. The molecular weight excluding hydrogens is 298 g/mol. The Hall–Kier alpha value is -0.980. The van der Waals surface area contributed by atoms with Crippen molar-refractivity contribution in [1.29, 1.82) is 0 Å². The monoisotopic (exact) mass is 325 g/mol.